The van der Waals surface area contributed by atoms with Gasteiger partial charge in [0.05, 0.1) is 11.0 Å². The highest BCUT2D eigenvalue weighted by Crippen LogP contribution is 2.33. The lowest BCUT2D eigenvalue weighted by atomic mass is 10.1. The predicted molar refractivity (Wildman–Crippen MR) is 137 cm³/mol. The molecule has 1 aliphatic rings. The molecule has 1 unspecified atom stereocenters. The van der Waals surface area contributed by atoms with Crippen LogP contribution in [0, 0.1) is 17.0 Å². The van der Waals surface area contributed by atoms with E-state index in [0.717, 1.165) is 5.56 Å². The third-order valence-electron chi connectivity index (χ3n) is 5.96. The fourth-order valence-corrected chi connectivity index (χ4v) is 4.95. The fourth-order valence-electron chi connectivity index (χ4n) is 3.92. The highest BCUT2D eigenvalue weighted by Gasteiger charge is 2.23. The fraction of sp³-hybridized carbons (Fsp3) is 0.192. The molecule has 0 aliphatic carbocycles. The molecule has 1 aromatic heterocycles. The number of aryl methyl sites for hydroxylation is 1. The highest BCUT2D eigenvalue weighted by atomic mass is 32.2. The molecule has 1 N–H and O–H groups in total. The predicted octanol–water partition coefficient (Wildman–Crippen LogP) is 5.00. The molecule has 3 aromatic carbocycles. The van der Waals surface area contributed by atoms with Gasteiger partial charge in [0.25, 0.3) is 11.6 Å². The summed E-state index contributed by atoms with van der Waals surface area (Å²) in [4.78, 5) is 23.7. The van der Waals surface area contributed by atoms with Gasteiger partial charge in [-0.25, -0.2) is 0 Å². The minimum absolute atomic E-state index is 0.0170. The van der Waals surface area contributed by atoms with E-state index < -0.39 is 11.0 Å². The molecular formula is C26H23N5O5S. The van der Waals surface area contributed by atoms with Gasteiger partial charge < -0.3 is 14.8 Å². The zero-order valence-electron chi connectivity index (χ0n) is 20.1. The normalized spacial score (nSPS) is 12.8. The Morgan fingerprint density at radius 1 is 1.11 bits per heavy atom. The van der Waals surface area contributed by atoms with Crippen LogP contribution in [-0.2, 0) is 5.75 Å². The maximum Gasteiger partial charge on any atom is 0.269 e. The average Bonchev–Trinajstić information content (AvgIpc) is 3.55. The zero-order chi connectivity index (χ0) is 25.9. The second-order valence-electron chi connectivity index (χ2n) is 8.43. The van der Waals surface area contributed by atoms with Crippen molar-refractivity contribution in [1.82, 2.24) is 20.1 Å². The van der Waals surface area contributed by atoms with Crippen LogP contribution in [0.5, 0.6) is 11.5 Å². The van der Waals surface area contributed by atoms with Crippen molar-refractivity contribution < 1.29 is 19.2 Å². The van der Waals surface area contributed by atoms with E-state index in [4.69, 9.17) is 9.47 Å². The van der Waals surface area contributed by atoms with Gasteiger partial charge >= 0.3 is 0 Å². The number of aromatic nitrogens is 3. The van der Waals surface area contributed by atoms with Crippen molar-refractivity contribution in [1.29, 1.82) is 0 Å². The number of non-ortho nitro benzene ring substituents is 1. The van der Waals surface area contributed by atoms with Gasteiger partial charge in [0.2, 0.25) is 6.79 Å². The Balaban J connectivity index is 1.43. The number of hydrogen-bond acceptors (Lipinski definition) is 8. The van der Waals surface area contributed by atoms with Crippen molar-refractivity contribution >= 4 is 23.4 Å². The lowest BCUT2D eigenvalue weighted by Gasteiger charge is -2.16. The highest BCUT2D eigenvalue weighted by molar-refractivity contribution is 7.98. The molecule has 1 aliphatic heterocycles. The number of nitrogens with one attached hydrogen (secondary N) is 1. The number of benzene rings is 3. The number of carbonyl (C=O) groups excluding carboxylic acids is 1. The Hall–Kier alpha value is -4.38. The number of amides is 1. The molecule has 1 amide bonds. The van der Waals surface area contributed by atoms with E-state index in [2.05, 4.69) is 34.6 Å². The van der Waals surface area contributed by atoms with Crippen molar-refractivity contribution in [2.24, 2.45) is 0 Å². The third-order valence-corrected chi connectivity index (χ3v) is 6.94. The first-order valence-corrected chi connectivity index (χ1v) is 12.5. The molecule has 4 aromatic rings. The summed E-state index contributed by atoms with van der Waals surface area (Å²) in [6.45, 7) is 3.99. The molecule has 0 radical (unpaired) electrons. The van der Waals surface area contributed by atoms with E-state index >= 15 is 0 Å². The molecule has 188 valence electrons. The summed E-state index contributed by atoms with van der Waals surface area (Å²) in [5, 5.41) is 23.5. The Kier molecular flexibility index (Phi) is 6.78. The van der Waals surface area contributed by atoms with Gasteiger partial charge in [-0.05, 0) is 55.3 Å². The Morgan fingerprint density at radius 2 is 1.86 bits per heavy atom. The number of carbonyl (C=O) groups is 1. The average molecular weight is 518 g/mol. The third kappa shape index (κ3) is 5.12. The van der Waals surface area contributed by atoms with Crippen molar-refractivity contribution in [2.75, 3.05) is 6.79 Å². The van der Waals surface area contributed by atoms with Gasteiger partial charge in [0.1, 0.15) is 0 Å². The quantitative estimate of drug-likeness (QED) is 0.197. The van der Waals surface area contributed by atoms with Crippen LogP contribution in [0.25, 0.3) is 5.69 Å². The summed E-state index contributed by atoms with van der Waals surface area (Å²) in [6, 6.07) is 18.7. The van der Waals surface area contributed by atoms with Gasteiger partial charge in [0.15, 0.2) is 22.5 Å². The van der Waals surface area contributed by atoms with Crippen LogP contribution in [0.15, 0.2) is 71.9 Å². The summed E-state index contributed by atoms with van der Waals surface area (Å²) in [6.07, 6.45) is 0. The standard InChI is InChI=1S/C26H23N5O5S/c1-16-5-3-4-6-19(16)14-37-26-29-28-24(30(26)20-8-10-21(11-9-20)31(33)34)17(2)27-25(32)18-7-12-22-23(13-18)36-15-35-22/h3-13,17H,14-15H2,1-2H3,(H,27,32). The minimum Gasteiger partial charge on any atom is -0.454 e. The number of hydrogen-bond donors (Lipinski definition) is 1. The Morgan fingerprint density at radius 3 is 2.62 bits per heavy atom. The summed E-state index contributed by atoms with van der Waals surface area (Å²) in [5.41, 5.74) is 3.39. The van der Waals surface area contributed by atoms with E-state index in [9.17, 15) is 14.9 Å². The SMILES string of the molecule is Cc1ccccc1CSc1nnc(C(C)NC(=O)c2ccc3c(c2)OCO3)n1-c1ccc([N+](=O)[O-])cc1. The Bertz CT molecular complexity index is 1470. The van der Waals surface area contributed by atoms with E-state index in [-0.39, 0.29) is 18.4 Å². The number of fused-ring (bicyclic) bond motifs is 1. The van der Waals surface area contributed by atoms with Gasteiger partial charge in [-0.15, -0.1) is 10.2 Å². The molecule has 0 saturated heterocycles. The van der Waals surface area contributed by atoms with Gasteiger partial charge in [-0.2, -0.15) is 0 Å². The number of thioether (sulfide) groups is 1. The molecular weight excluding hydrogens is 494 g/mol. The summed E-state index contributed by atoms with van der Waals surface area (Å²) in [7, 11) is 0. The van der Waals surface area contributed by atoms with E-state index in [1.54, 1.807) is 30.3 Å². The van der Waals surface area contributed by atoms with Crippen LogP contribution in [0.2, 0.25) is 0 Å². The van der Waals surface area contributed by atoms with Crippen molar-refractivity contribution in [2.45, 2.75) is 30.8 Å². The van der Waals surface area contributed by atoms with Gasteiger partial charge in [-0.3, -0.25) is 19.5 Å². The van der Waals surface area contributed by atoms with E-state index in [0.29, 0.717) is 39.5 Å². The number of ether oxygens (including phenoxy) is 2. The first kappa shape index (κ1) is 24.3. The molecule has 0 fully saturated rings. The van der Waals surface area contributed by atoms with Crippen LogP contribution in [-0.4, -0.2) is 32.4 Å². The van der Waals surface area contributed by atoms with E-state index in [1.807, 2.05) is 23.6 Å². The van der Waals surface area contributed by atoms with Crippen LogP contribution in [0.4, 0.5) is 5.69 Å². The first-order chi connectivity index (χ1) is 17.9. The summed E-state index contributed by atoms with van der Waals surface area (Å²) in [5.74, 6) is 1.96. The van der Waals surface area contributed by atoms with Gasteiger partial charge in [-0.1, -0.05) is 36.0 Å². The second-order valence-corrected chi connectivity index (χ2v) is 9.37. The number of rotatable bonds is 8. The monoisotopic (exact) mass is 517 g/mol. The molecule has 5 rings (SSSR count). The van der Waals surface area contributed by atoms with E-state index in [1.165, 1.54) is 29.5 Å². The van der Waals surface area contributed by atoms with Crippen LogP contribution >= 0.6 is 11.8 Å². The maximum atomic E-state index is 13.0. The van der Waals surface area contributed by atoms with Crippen LogP contribution in [0.1, 0.15) is 40.3 Å². The molecule has 37 heavy (non-hydrogen) atoms. The van der Waals surface area contributed by atoms with Crippen molar-refractivity contribution in [3.8, 4) is 17.2 Å². The zero-order valence-corrected chi connectivity index (χ0v) is 20.9. The summed E-state index contributed by atoms with van der Waals surface area (Å²) < 4.78 is 12.5. The molecule has 0 bridgehead atoms. The number of nitrogens with zero attached hydrogens (tertiary/aromatic N) is 4. The lowest BCUT2D eigenvalue weighted by Crippen LogP contribution is -2.28. The first-order valence-electron chi connectivity index (χ1n) is 11.5. The topological polar surface area (TPSA) is 121 Å². The summed E-state index contributed by atoms with van der Waals surface area (Å²) >= 11 is 1.50. The number of nitro groups is 1. The minimum atomic E-state index is -0.520. The lowest BCUT2D eigenvalue weighted by molar-refractivity contribution is -0.384. The van der Waals surface area contributed by atoms with Gasteiger partial charge in [0, 0.05) is 29.1 Å². The number of nitro benzene ring substituents is 1. The van der Waals surface area contributed by atoms with Crippen molar-refractivity contribution in [3.05, 3.63) is 99.4 Å². The molecule has 0 saturated carbocycles. The Labute approximate surface area is 216 Å². The van der Waals surface area contributed by atoms with Crippen molar-refractivity contribution in [3.63, 3.8) is 0 Å². The molecule has 11 heteroatoms. The molecule has 10 nitrogen and oxygen atoms in total. The smallest absolute Gasteiger partial charge is 0.269 e. The van der Waals surface area contributed by atoms with Crippen LogP contribution in [0.3, 0.4) is 0 Å². The molecule has 0 spiro atoms. The molecule has 2 heterocycles. The second kappa shape index (κ2) is 10.3. The maximum absolute atomic E-state index is 13.0. The van der Waals surface area contributed by atoms with Crippen LogP contribution < -0.4 is 14.8 Å². The molecule has 1 atom stereocenters. The largest absolute Gasteiger partial charge is 0.454 e.